The van der Waals surface area contributed by atoms with Crippen molar-refractivity contribution in [3.63, 3.8) is 0 Å². The quantitative estimate of drug-likeness (QED) is 0.926. The second kappa shape index (κ2) is 5.24. The van der Waals surface area contributed by atoms with Gasteiger partial charge in [-0.25, -0.2) is 9.67 Å². The lowest BCUT2D eigenvalue weighted by molar-refractivity contribution is 0.268. The highest BCUT2D eigenvalue weighted by atomic mass is 15.3. The molecule has 2 aliphatic rings. The number of hydrogen-bond donors (Lipinski definition) is 1. The van der Waals surface area contributed by atoms with Crippen LogP contribution < -0.4 is 5.32 Å². The number of nitrogens with zero attached hydrogens (tertiary/aromatic N) is 4. The number of benzene rings is 1. The van der Waals surface area contributed by atoms with Gasteiger partial charge < -0.3 is 5.32 Å². The molecule has 5 nitrogen and oxygen atoms in total. The standard InChI is InChI=1S/C16H21N5/c1-3-15(21-13-18-12-19-21)4-2-14(1)9-20-8-6-16(11-20)5-7-17-10-16/h1-4,12-13,17H,5-11H2. The van der Waals surface area contributed by atoms with Crippen molar-refractivity contribution >= 4 is 0 Å². The van der Waals surface area contributed by atoms with Crippen molar-refractivity contribution in [2.24, 2.45) is 5.41 Å². The molecule has 1 aromatic heterocycles. The Morgan fingerprint density at radius 2 is 2.10 bits per heavy atom. The zero-order valence-electron chi connectivity index (χ0n) is 12.2. The van der Waals surface area contributed by atoms with Crippen LogP contribution in [0.25, 0.3) is 5.69 Å². The number of hydrogen-bond acceptors (Lipinski definition) is 4. The summed E-state index contributed by atoms with van der Waals surface area (Å²) in [5.74, 6) is 0. The molecule has 4 rings (SSSR count). The molecule has 3 heterocycles. The predicted molar refractivity (Wildman–Crippen MR) is 81.2 cm³/mol. The van der Waals surface area contributed by atoms with Crippen LogP contribution in [0.2, 0.25) is 0 Å². The van der Waals surface area contributed by atoms with Crippen LogP contribution in [0, 0.1) is 5.41 Å². The Hall–Kier alpha value is -1.72. The van der Waals surface area contributed by atoms with E-state index >= 15 is 0 Å². The molecule has 2 fully saturated rings. The molecule has 0 radical (unpaired) electrons. The van der Waals surface area contributed by atoms with Crippen molar-refractivity contribution in [1.29, 1.82) is 0 Å². The van der Waals surface area contributed by atoms with E-state index in [1.807, 2.05) is 0 Å². The third-order valence-corrected chi connectivity index (χ3v) is 4.88. The molecule has 1 atom stereocenters. The fraction of sp³-hybridized carbons (Fsp3) is 0.500. The first-order valence-corrected chi connectivity index (χ1v) is 7.70. The van der Waals surface area contributed by atoms with E-state index in [0.717, 1.165) is 12.2 Å². The molecule has 1 N–H and O–H groups in total. The fourth-order valence-corrected chi connectivity index (χ4v) is 3.66. The summed E-state index contributed by atoms with van der Waals surface area (Å²) in [5, 5.41) is 7.68. The molecule has 5 heteroatoms. The van der Waals surface area contributed by atoms with E-state index in [9.17, 15) is 0 Å². The molecule has 2 saturated heterocycles. The van der Waals surface area contributed by atoms with Crippen molar-refractivity contribution in [2.45, 2.75) is 19.4 Å². The maximum absolute atomic E-state index is 4.16. The van der Waals surface area contributed by atoms with Crippen molar-refractivity contribution in [1.82, 2.24) is 25.0 Å². The number of aromatic nitrogens is 3. The smallest absolute Gasteiger partial charge is 0.138 e. The molecule has 1 spiro atoms. The maximum atomic E-state index is 4.16. The molecule has 21 heavy (non-hydrogen) atoms. The van der Waals surface area contributed by atoms with Crippen LogP contribution in [0.1, 0.15) is 18.4 Å². The molecule has 0 amide bonds. The second-order valence-corrected chi connectivity index (χ2v) is 6.39. The molecular formula is C16H21N5. The highest BCUT2D eigenvalue weighted by Gasteiger charge is 2.39. The van der Waals surface area contributed by atoms with Crippen LogP contribution in [-0.4, -0.2) is 45.8 Å². The van der Waals surface area contributed by atoms with Crippen LogP contribution in [-0.2, 0) is 6.54 Å². The lowest BCUT2D eigenvalue weighted by Crippen LogP contribution is -2.28. The summed E-state index contributed by atoms with van der Waals surface area (Å²) in [6.45, 7) is 5.92. The minimum absolute atomic E-state index is 0.556. The van der Waals surface area contributed by atoms with Gasteiger partial charge >= 0.3 is 0 Å². The summed E-state index contributed by atoms with van der Waals surface area (Å²) < 4.78 is 1.79. The zero-order valence-corrected chi connectivity index (χ0v) is 12.2. The molecule has 2 aliphatic heterocycles. The summed E-state index contributed by atoms with van der Waals surface area (Å²) in [4.78, 5) is 6.58. The lowest BCUT2D eigenvalue weighted by Gasteiger charge is -2.22. The number of nitrogens with one attached hydrogen (secondary N) is 1. The first kappa shape index (κ1) is 13.0. The number of rotatable bonds is 3. The van der Waals surface area contributed by atoms with E-state index in [4.69, 9.17) is 0 Å². The minimum Gasteiger partial charge on any atom is -0.316 e. The normalized spacial score (nSPS) is 25.9. The van der Waals surface area contributed by atoms with Gasteiger partial charge in [0.15, 0.2) is 0 Å². The van der Waals surface area contributed by atoms with Gasteiger partial charge in [-0.2, -0.15) is 5.10 Å². The second-order valence-electron chi connectivity index (χ2n) is 6.39. The average Bonchev–Trinajstić information content (AvgIpc) is 3.25. The summed E-state index contributed by atoms with van der Waals surface area (Å²) in [6.07, 6.45) is 5.98. The highest BCUT2D eigenvalue weighted by molar-refractivity contribution is 5.33. The predicted octanol–water partition coefficient (Wildman–Crippen LogP) is 1.45. The monoisotopic (exact) mass is 283 g/mol. The molecule has 0 aliphatic carbocycles. The first-order valence-electron chi connectivity index (χ1n) is 7.70. The summed E-state index contributed by atoms with van der Waals surface area (Å²) in [5.41, 5.74) is 3.00. The van der Waals surface area contributed by atoms with E-state index < -0.39 is 0 Å². The molecule has 2 aromatic rings. The van der Waals surface area contributed by atoms with Crippen molar-refractivity contribution in [2.75, 3.05) is 26.2 Å². The Balaban J connectivity index is 1.41. The van der Waals surface area contributed by atoms with Gasteiger partial charge in [0.05, 0.1) is 5.69 Å². The topological polar surface area (TPSA) is 46.0 Å². The minimum atomic E-state index is 0.556. The summed E-state index contributed by atoms with van der Waals surface area (Å²) in [7, 11) is 0. The Labute approximate surface area is 125 Å². The van der Waals surface area contributed by atoms with Gasteiger partial charge in [0, 0.05) is 19.6 Å². The van der Waals surface area contributed by atoms with Gasteiger partial charge in [-0.3, -0.25) is 4.90 Å². The Morgan fingerprint density at radius 3 is 2.81 bits per heavy atom. The first-order chi connectivity index (χ1) is 10.3. The molecule has 1 aromatic carbocycles. The average molecular weight is 283 g/mol. The zero-order chi connectivity index (χ0) is 14.1. The Kier molecular flexibility index (Phi) is 3.24. The molecular weight excluding hydrogens is 262 g/mol. The van der Waals surface area contributed by atoms with Crippen molar-refractivity contribution in [3.8, 4) is 5.69 Å². The maximum Gasteiger partial charge on any atom is 0.138 e. The summed E-state index contributed by atoms with van der Waals surface area (Å²) >= 11 is 0. The van der Waals surface area contributed by atoms with E-state index in [2.05, 4.69) is 44.6 Å². The van der Waals surface area contributed by atoms with Crippen LogP contribution in [0.3, 0.4) is 0 Å². The van der Waals surface area contributed by atoms with E-state index in [1.54, 1.807) is 17.3 Å². The Morgan fingerprint density at radius 1 is 1.19 bits per heavy atom. The molecule has 1 unspecified atom stereocenters. The van der Waals surface area contributed by atoms with Crippen LogP contribution in [0.15, 0.2) is 36.9 Å². The van der Waals surface area contributed by atoms with Gasteiger partial charge in [-0.1, -0.05) is 12.1 Å². The van der Waals surface area contributed by atoms with Crippen molar-refractivity contribution < 1.29 is 0 Å². The molecule has 110 valence electrons. The van der Waals surface area contributed by atoms with Gasteiger partial charge in [-0.05, 0) is 49.0 Å². The van der Waals surface area contributed by atoms with Gasteiger partial charge in [-0.15, -0.1) is 0 Å². The lowest BCUT2D eigenvalue weighted by atomic mass is 9.86. The highest BCUT2D eigenvalue weighted by Crippen LogP contribution is 2.36. The van der Waals surface area contributed by atoms with E-state index in [1.165, 1.54) is 44.6 Å². The third-order valence-electron chi connectivity index (χ3n) is 4.88. The van der Waals surface area contributed by atoms with Crippen LogP contribution in [0.5, 0.6) is 0 Å². The van der Waals surface area contributed by atoms with Gasteiger partial charge in [0.1, 0.15) is 12.7 Å². The molecule has 0 bridgehead atoms. The number of likely N-dealkylation sites (tertiary alicyclic amines) is 1. The van der Waals surface area contributed by atoms with Crippen molar-refractivity contribution in [3.05, 3.63) is 42.5 Å². The van der Waals surface area contributed by atoms with Crippen LogP contribution >= 0.6 is 0 Å². The van der Waals surface area contributed by atoms with E-state index in [-0.39, 0.29) is 0 Å². The Bertz CT molecular complexity index is 584. The third kappa shape index (κ3) is 2.59. The van der Waals surface area contributed by atoms with E-state index in [0.29, 0.717) is 5.41 Å². The summed E-state index contributed by atoms with van der Waals surface area (Å²) in [6, 6.07) is 8.64. The fourth-order valence-electron chi connectivity index (χ4n) is 3.66. The molecule has 0 saturated carbocycles. The van der Waals surface area contributed by atoms with Gasteiger partial charge in [0.25, 0.3) is 0 Å². The SMILES string of the molecule is c1ncn(-c2ccc(CN3CCC4(CCNC4)C3)cc2)n1. The van der Waals surface area contributed by atoms with Crippen LogP contribution in [0.4, 0.5) is 0 Å². The van der Waals surface area contributed by atoms with Gasteiger partial charge in [0.2, 0.25) is 0 Å². The largest absolute Gasteiger partial charge is 0.316 e.